The topological polar surface area (TPSA) is 94.1 Å². The van der Waals surface area contributed by atoms with Crippen LogP contribution in [0.25, 0.3) is 0 Å². The third-order valence-corrected chi connectivity index (χ3v) is 6.27. The highest BCUT2D eigenvalue weighted by Crippen LogP contribution is 2.38. The van der Waals surface area contributed by atoms with E-state index in [-0.39, 0.29) is 19.8 Å². The molecule has 0 N–H and O–H groups in total. The van der Waals surface area contributed by atoms with Gasteiger partial charge in [0.05, 0.1) is 34.4 Å². The molecular weight excluding hydrogens is 481 g/mol. The van der Waals surface area contributed by atoms with Crippen LogP contribution in [-0.2, 0) is 27.9 Å². The quantitative estimate of drug-likeness (QED) is 0.0527. The second-order valence-electron chi connectivity index (χ2n) is 10.1. The highest BCUT2D eigenvalue weighted by atomic mass is 31.2. The average Bonchev–Trinajstić information content (AvgIpc) is 2.78. The van der Waals surface area contributed by atoms with Crippen LogP contribution in [-0.4, -0.2) is 70.7 Å². The Kier molecular flexibility index (Phi) is 21.4. The first kappa shape index (κ1) is 35.0. The standard InChI is InChI=1S/C27H52NO7P/c1-6-7-8-9-10-11-12-13-14-15-16-17-18-19-20-22-32-24-27(35-26(2)29)25-34-36(30,31)33-23-21-28(3,4)5/h9-10,12-13,27H,6-8,11,14-25H2,1-5H3/b10-9-,13-12-. The van der Waals surface area contributed by atoms with Crippen molar-refractivity contribution in [3.63, 3.8) is 0 Å². The molecule has 2 atom stereocenters. The summed E-state index contributed by atoms with van der Waals surface area (Å²) in [6.07, 6.45) is 21.0. The van der Waals surface area contributed by atoms with Crippen molar-refractivity contribution in [2.24, 2.45) is 0 Å². The van der Waals surface area contributed by atoms with Gasteiger partial charge in [0.2, 0.25) is 0 Å². The van der Waals surface area contributed by atoms with Crippen molar-refractivity contribution >= 4 is 13.8 Å². The van der Waals surface area contributed by atoms with Crippen LogP contribution in [0.3, 0.4) is 0 Å². The molecular formula is C27H52NO7P. The molecule has 0 heterocycles. The SMILES string of the molecule is CCCC/C=C\C/C=C\CCCCCCCCOCC(COP(=O)([O-])OCC[N+](C)(C)C)OC(C)=O. The number of allylic oxidation sites excluding steroid dienone is 4. The average molecular weight is 534 g/mol. The zero-order valence-electron chi connectivity index (χ0n) is 23.5. The van der Waals surface area contributed by atoms with E-state index in [4.69, 9.17) is 18.5 Å². The van der Waals surface area contributed by atoms with Gasteiger partial charge in [-0.05, 0) is 32.1 Å². The van der Waals surface area contributed by atoms with Gasteiger partial charge >= 0.3 is 5.97 Å². The molecule has 0 saturated heterocycles. The van der Waals surface area contributed by atoms with Crippen LogP contribution in [0.5, 0.6) is 0 Å². The molecule has 0 saturated carbocycles. The Balaban J connectivity index is 3.84. The van der Waals surface area contributed by atoms with E-state index in [1.54, 1.807) is 0 Å². The number of unbranched alkanes of at least 4 members (excludes halogenated alkanes) is 8. The summed E-state index contributed by atoms with van der Waals surface area (Å²) in [5, 5.41) is 0. The van der Waals surface area contributed by atoms with Crippen molar-refractivity contribution in [3.05, 3.63) is 24.3 Å². The molecule has 212 valence electrons. The van der Waals surface area contributed by atoms with Crippen molar-refractivity contribution in [3.8, 4) is 0 Å². The van der Waals surface area contributed by atoms with E-state index in [9.17, 15) is 14.3 Å². The summed E-state index contributed by atoms with van der Waals surface area (Å²) < 4.78 is 33.0. The van der Waals surface area contributed by atoms with Crippen LogP contribution in [0.1, 0.15) is 84.5 Å². The Hall–Kier alpha value is -1.02. The molecule has 8 nitrogen and oxygen atoms in total. The summed E-state index contributed by atoms with van der Waals surface area (Å²) in [6, 6.07) is 0. The van der Waals surface area contributed by atoms with Gasteiger partial charge < -0.3 is 27.9 Å². The van der Waals surface area contributed by atoms with E-state index in [0.717, 1.165) is 32.1 Å². The van der Waals surface area contributed by atoms with Crippen molar-refractivity contribution in [2.45, 2.75) is 90.6 Å². The van der Waals surface area contributed by atoms with Gasteiger partial charge in [-0.2, -0.15) is 0 Å². The van der Waals surface area contributed by atoms with E-state index in [0.29, 0.717) is 17.6 Å². The minimum Gasteiger partial charge on any atom is -0.756 e. The number of phosphoric acid groups is 1. The van der Waals surface area contributed by atoms with Gasteiger partial charge in [-0.25, -0.2) is 0 Å². The van der Waals surface area contributed by atoms with E-state index in [1.165, 1.54) is 45.4 Å². The van der Waals surface area contributed by atoms with E-state index in [2.05, 4.69) is 31.2 Å². The molecule has 0 amide bonds. The highest BCUT2D eigenvalue weighted by molar-refractivity contribution is 7.45. The molecule has 36 heavy (non-hydrogen) atoms. The molecule has 2 unspecified atom stereocenters. The molecule has 0 fully saturated rings. The molecule has 0 aliphatic carbocycles. The van der Waals surface area contributed by atoms with Crippen LogP contribution < -0.4 is 4.89 Å². The van der Waals surface area contributed by atoms with Crippen molar-refractivity contribution in [1.29, 1.82) is 0 Å². The fraction of sp³-hybridized carbons (Fsp3) is 0.815. The smallest absolute Gasteiger partial charge is 0.303 e. The third kappa shape index (κ3) is 26.1. The van der Waals surface area contributed by atoms with Gasteiger partial charge in [-0.3, -0.25) is 9.36 Å². The largest absolute Gasteiger partial charge is 0.756 e. The molecule has 0 aromatic heterocycles. The maximum atomic E-state index is 11.9. The first-order chi connectivity index (χ1) is 17.1. The number of likely N-dealkylation sites (N-methyl/N-ethyl adjacent to an activating group) is 1. The second-order valence-corrected chi connectivity index (χ2v) is 11.5. The number of phosphoric ester groups is 1. The molecule has 0 radical (unpaired) electrons. The minimum atomic E-state index is -4.47. The van der Waals surface area contributed by atoms with Gasteiger partial charge in [0.1, 0.15) is 19.3 Å². The number of hydrogen-bond donors (Lipinski definition) is 0. The molecule has 0 bridgehead atoms. The number of esters is 1. The van der Waals surface area contributed by atoms with E-state index < -0.39 is 19.9 Å². The number of hydrogen-bond acceptors (Lipinski definition) is 7. The van der Waals surface area contributed by atoms with Gasteiger partial charge in [-0.1, -0.05) is 69.8 Å². The number of quaternary nitrogens is 1. The van der Waals surface area contributed by atoms with Crippen molar-refractivity contribution < 1.29 is 37.3 Å². The Morgan fingerprint density at radius 1 is 0.861 bits per heavy atom. The second kappa shape index (κ2) is 22.0. The summed E-state index contributed by atoms with van der Waals surface area (Å²) in [5.74, 6) is -0.517. The molecule has 0 aromatic rings. The first-order valence-corrected chi connectivity index (χ1v) is 15.0. The fourth-order valence-corrected chi connectivity index (χ4v) is 3.93. The Labute approximate surface area is 220 Å². The van der Waals surface area contributed by atoms with Gasteiger partial charge in [0.15, 0.2) is 0 Å². The van der Waals surface area contributed by atoms with Crippen LogP contribution >= 0.6 is 7.82 Å². The lowest BCUT2D eigenvalue weighted by atomic mass is 10.1. The van der Waals surface area contributed by atoms with Crippen LogP contribution in [0, 0.1) is 0 Å². The Bertz CT molecular complexity index is 647. The lowest BCUT2D eigenvalue weighted by Gasteiger charge is -2.28. The van der Waals surface area contributed by atoms with Crippen molar-refractivity contribution in [1.82, 2.24) is 0 Å². The summed E-state index contributed by atoms with van der Waals surface area (Å²) in [5.41, 5.74) is 0. The molecule has 0 aliphatic rings. The fourth-order valence-electron chi connectivity index (χ4n) is 3.21. The summed E-state index contributed by atoms with van der Waals surface area (Å²) in [4.78, 5) is 23.3. The Morgan fingerprint density at radius 3 is 2.08 bits per heavy atom. The predicted octanol–water partition coefficient (Wildman–Crippen LogP) is 5.57. The molecule has 0 aromatic carbocycles. The number of carbonyl (C=O) groups excluding carboxylic acids is 1. The lowest BCUT2D eigenvalue weighted by Crippen LogP contribution is -2.37. The zero-order chi connectivity index (χ0) is 27.1. The first-order valence-electron chi connectivity index (χ1n) is 13.5. The van der Waals surface area contributed by atoms with Crippen LogP contribution in [0.4, 0.5) is 0 Å². The van der Waals surface area contributed by atoms with Crippen LogP contribution in [0.15, 0.2) is 24.3 Å². The minimum absolute atomic E-state index is 0.0203. The van der Waals surface area contributed by atoms with Crippen LogP contribution in [0.2, 0.25) is 0 Å². The molecule has 0 aliphatic heterocycles. The number of rotatable bonds is 24. The monoisotopic (exact) mass is 533 g/mol. The highest BCUT2D eigenvalue weighted by Gasteiger charge is 2.19. The third-order valence-electron chi connectivity index (χ3n) is 5.31. The maximum absolute atomic E-state index is 11.9. The summed E-state index contributed by atoms with van der Waals surface area (Å²) in [6.45, 7) is 4.30. The zero-order valence-corrected chi connectivity index (χ0v) is 24.3. The molecule has 0 spiro atoms. The summed E-state index contributed by atoms with van der Waals surface area (Å²) in [7, 11) is 1.33. The maximum Gasteiger partial charge on any atom is 0.303 e. The Morgan fingerprint density at radius 2 is 1.47 bits per heavy atom. The summed E-state index contributed by atoms with van der Waals surface area (Å²) >= 11 is 0. The van der Waals surface area contributed by atoms with Crippen molar-refractivity contribution in [2.75, 3.05) is 54.1 Å². The number of ether oxygens (including phenoxy) is 2. The normalized spacial score (nSPS) is 14.9. The predicted molar refractivity (Wildman–Crippen MR) is 144 cm³/mol. The van der Waals surface area contributed by atoms with E-state index in [1.807, 2.05) is 21.1 Å². The molecule has 0 rings (SSSR count). The number of nitrogens with zero attached hydrogens (tertiary/aromatic N) is 1. The van der Waals surface area contributed by atoms with Gasteiger partial charge in [0.25, 0.3) is 7.82 Å². The molecule has 9 heteroatoms. The van der Waals surface area contributed by atoms with Gasteiger partial charge in [0, 0.05) is 13.5 Å². The lowest BCUT2D eigenvalue weighted by molar-refractivity contribution is -0.870. The van der Waals surface area contributed by atoms with Gasteiger partial charge in [-0.15, -0.1) is 0 Å². The van der Waals surface area contributed by atoms with E-state index >= 15 is 0 Å². The number of carbonyl (C=O) groups is 1.